The van der Waals surface area contributed by atoms with E-state index in [-0.39, 0.29) is 11.7 Å². The maximum Gasteiger partial charge on any atom is 0.221 e. The van der Waals surface area contributed by atoms with Crippen molar-refractivity contribution in [2.45, 2.75) is 32.6 Å². The highest BCUT2D eigenvalue weighted by Crippen LogP contribution is 2.29. The van der Waals surface area contributed by atoms with Gasteiger partial charge in [-0.3, -0.25) is 4.79 Å². The summed E-state index contributed by atoms with van der Waals surface area (Å²) in [4.78, 5) is 11.0. The number of carbonyl (C=O) groups is 1. The van der Waals surface area contributed by atoms with Gasteiger partial charge in [0.2, 0.25) is 5.91 Å². The van der Waals surface area contributed by atoms with E-state index in [1.807, 2.05) is 0 Å². The van der Waals surface area contributed by atoms with Crippen LogP contribution in [-0.4, -0.2) is 5.91 Å². The molecule has 1 N–H and O–H groups in total. The molecule has 0 aromatic heterocycles. The third-order valence-corrected chi connectivity index (χ3v) is 2.79. The zero-order valence-electron chi connectivity index (χ0n) is 8.77. The summed E-state index contributed by atoms with van der Waals surface area (Å²) in [5, 5.41) is 2.75. The van der Waals surface area contributed by atoms with Crippen LogP contribution in [0.1, 0.15) is 30.9 Å². The van der Waals surface area contributed by atoms with Gasteiger partial charge in [0.1, 0.15) is 5.82 Å². The quantitative estimate of drug-likeness (QED) is 0.753. The molecule has 0 aliphatic heterocycles. The molecule has 0 atom stereocenters. The number of hydrogen-bond donors (Lipinski definition) is 1. The highest BCUT2D eigenvalue weighted by atomic mass is 19.1. The molecule has 1 aliphatic rings. The summed E-state index contributed by atoms with van der Waals surface area (Å²) in [6.45, 7) is 1.47. The lowest BCUT2D eigenvalue weighted by Crippen LogP contribution is -2.13. The summed E-state index contributed by atoms with van der Waals surface area (Å²) < 4.78 is 13.5. The van der Waals surface area contributed by atoms with Crippen molar-refractivity contribution in [1.29, 1.82) is 0 Å². The normalized spacial score (nSPS) is 14.5. The Bertz CT molecular complexity index is 401. The monoisotopic (exact) mass is 207 g/mol. The van der Waals surface area contributed by atoms with Crippen LogP contribution >= 0.6 is 0 Å². The maximum atomic E-state index is 13.5. The Labute approximate surface area is 88.5 Å². The molecule has 2 rings (SSSR count). The molecule has 0 bridgehead atoms. The van der Waals surface area contributed by atoms with E-state index in [0.29, 0.717) is 0 Å². The van der Waals surface area contributed by atoms with E-state index in [0.717, 1.165) is 42.5 Å². The fraction of sp³-hybridized carbons (Fsp3) is 0.417. The Morgan fingerprint density at radius 3 is 2.60 bits per heavy atom. The van der Waals surface area contributed by atoms with Crippen molar-refractivity contribution in [3.8, 4) is 0 Å². The average molecular weight is 207 g/mol. The van der Waals surface area contributed by atoms with Gasteiger partial charge in [0.05, 0.1) is 0 Å². The Balaban J connectivity index is 2.43. The van der Waals surface area contributed by atoms with Gasteiger partial charge in [0.15, 0.2) is 0 Å². The first-order valence-electron chi connectivity index (χ1n) is 5.26. The smallest absolute Gasteiger partial charge is 0.221 e. The van der Waals surface area contributed by atoms with Gasteiger partial charge >= 0.3 is 0 Å². The Morgan fingerprint density at radius 1 is 1.27 bits per heavy atom. The van der Waals surface area contributed by atoms with Gasteiger partial charge < -0.3 is 5.32 Å². The molecule has 15 heavy (non-hydrogen) atoms. The number of carbonyl (C=O) groups excluding carboxylic acids is 1. The van der Waals surface area contributed by atoms with Crippen LogP contribution in [0, 0.1) is 5.82 Å². The number of amides is 1. The Hall–Kier alpha value is -1.38. The van der Waals surface area contributed by atoms with Crippen LogP contribution in [0.3, 0.4) is 0 Å². The van der Waals surface area contributed by atoms with E-state index < -0.39 is 0 Å². The van der Waals surface area contributed by atoms with Crippen molar-refractivity contribution in [3.63, 3.8) is 0 Å². The van der Waals surface area contributed by atoms with E-state index in [9.17, 15) is 9.18 Å². The summed E-state index contributed by atoms with van der Waals surface area (Å²) in [6, 6.07) is 3.09. The number of rotatable bonds is 1. The fourth-order valence-electron chi connectivity index (χ4n) is 2.13. The Kier molecular flexibility index (Phi) is 2.71. The molecule has 0 spiro atoms. The molecule has 2 nitrogen and oxygen atoms in total. The number of fused-ring (bicyclic) bond motifs is 1. The van der Waals surface area contributed by atoms with Crippen LogP contribution in [0.2, 0.25) is 0 Å². The summed E-state index contributed by atoms with van der Waals surface area (Å²) in [5.41, 5.74) is 2.54. The predicted octanol–water partition coefficient (Wildman–Crippen LogP) is 2.66. The van der Waals surface area contributed by atoms with Crippen LogP contribution in [0.5, 0.6) is 0 Å². The molecule has 0 fully saturated rings. The first-order chi connectivity index (χ1) is 7.18. The molecule has 0 radical (unpaired) electrons. The SMILES string of the molecule is CC(=O)Nc1ccc(F)c2c1CCCC2. The van der Waals surface area contributed by atoms with Crippen molar-refractivity contribution in [3.05, 3.63) is 29.1 Å². The zero-order chi connectivity index (χ0) is 10.8. The van der Waals surface area contributed by atoms with Gasteiger partial charge in [-0.15, -0.1) is 0 Å². The van der Waals surface area contributed by atoms with Gasteiger partial charge in [-0.2, -0.15) is 0 Å². The van der Waals surface area contributed by atoms with Crippen LogP contribution in [0.4, 0.5) is 10.1 Å². The highest BCUT2D eigenvalue weighted by Gasteiger charge is 2.17. The molecule has 3 heteroatoms. The fourth-order valence-corrected chi connectivity index (χ4v) is 2.13. The van der Waals surface area contributed by atoms with Crippen molar-refractivity contribution >= 4 is 11.6 Å². The first-order valence-corrected chi connectivity index (χ1v) is 5.26. The second-order valence-electron chi connectivity index (χ2n) is 3.94. The van der Waals surface area contributed by atoms with Crippen molar-refractivity contribution < 1.29 is 9.18 Å². The van der Waals surface area contributed by atoms with Crippen molar-refractivity contribution in [2.24, 2.45) is 0 Å². The standard InChI is InChI=1S/C12H14FNO/c1-8(15)14-12-7-6-11(13)9-4-2-3-5-10(9)12/h6-7H,2-5H2,1H3,(H,14,15). The molecule has 0 unspecified atom stereocenters. The zero-order valence-corrected chi connectivity index (χ0v) is 8.77. The first kappa shape index (κ1) is 10.1. The largest absolute Gasteiger partial charge is 0.326 e. The van der Waals surface area contributed by atoms with E-state index in [2.05, 4.69) is 5.32 Å². The number of anilines is 1. The number of halogens is 1. The molecule has 1 aromatic rings. The third kappa shape index (κ3) is 2.01. The molecule has 1 aliphatic carbocycles. The van der Waals surface area contributed by atoms with Crippen LogP contribution in [0.15, 0.2) is 12.1 Å². The minimum atomic E-state index is -0.140. The van der Waals surface area contributed by atoms with Gasteiger partial charge in [0, 0.05) is 12.6 Å². The molecule has 1 aromatic carbocycles. The molecular weight excluding hydrogens is 193 g/mol. The van der Waals surface area contributed by atoms with Gasteiger partial charge in [-0.1, -0.05) is 0 Å². The van der Waals surface area contributed by atoms with Gasteiger partial charge in [-0.05, 0) is 48.9 Å². The summed E-state index contributed by atoms with van der Waals surface area (Å²) >= 11 is 0. The number of hydrogen-bond acceptors (Lipinski definition) is 1. The summed E-state index contributed by atoms with van der Waals surface area (Å²) in [5.74, 6) is -0.242. The van der Waals surface area contributed by atoms with Crippen molar-refractivity contribution in [2.75, 3.05) is 5.32 Å². The molecular formula is C12H14FNO. The van der Waals surface area contributed by atoms with Gasteiger partial charge in [-0.25, -0.2) is 4.39 Å². The van der Waals surface area contributed by atoms with Crippen LogP contribution in [0.25, 0.3) is 0 Å². The van der Waals surface area contributed by atoms with Crippen LogP contribution in [-0.2, 0) is 17.6 Å². The lowest BCUT2D eigenvalue weighted by Gasteiger charge is -2.19. The molecule has 80 valence electrons. The second kappa shape index (κ2) is 4.01. The minimum absolute atomic E-state index is 0.102. The molecule has 0 heterocycles. The topological polar surface area (TPSA) is 29.1 Å². The highest BCUT2D eigenvalue weighted by molar-refractivity contribution is 5.89. The van der Waals surface area contributed by atoms with Crippen molar-refractivity contribution in [1.82, 2.24) is 0 Å². The Morgan fingerprint density at radius 2 is 1.93 bits per heavy atom. The molecule has 0 saturated heterocycles. The maximum absolute atomic E-state index is 13.5. The van der Waals surface area contributed by atoms with E-state index in [1.54, 1.807) is 6.07 Å². The second-order valence-corrected chi connectivity index (χ2v) is 3.94. The summed E-state index contributed by atoms with van der Waals surface area (Å²) in [6.07, 6.45) is 3.76. The van der Waals surface area contributed by atoms with E-state index >= 15 is 0 Å². The lowest BCUT2D eigenvalue weighted by molar-refractivity contribution is -0.114. The number of nitrogens with one attached hydrogen (secondary N) is 1. The lowest BCUT2D eigenvalue weighted by atomic mass is 9.90. The average Bonchev–Trinajstić information content (AvgIpc) is 2.22. The van der Waals surface area contributed by atoms with E-state index in [4.69, 9.17) is 0 Å². The van der Waals surface area contributed by atoms with Crippen LogP contribution < -0.4 is 5.32 Å². The molecule has 1 amide bonds. The minimum Gasteiger partial charge on any atom is -0.326 e. The number of benzene rings is 1. The summed E-state index contributed by atoms with van der Waals surface area (Å²) in [7, 11) is 0. The van der Waals surface area contributed by atoms with E-state index in [1.165, 1.54) is 13.0 Å². The molecule has 0 saturated carbocycles. The predicted molar refractivity (Wildman–Crippen MR) is 57.3 cm³/mol. The third-order valence-electron chi connectivity index (χ3n) is 2.79. The van der Waals surface area contributed by atoms with Gasteiger partial charge in [0.25, 0.3) is 0 Å².